The molecule has 1 heterocycles. The third kappa shape index (κ3) is 2.12. The highest BCUT2D eigenvalue weighted by atomic mass is 16.6. The lowest BCUT2D eigenvalue weighted by Crippen LogP contribution is -2.35. The molecule has 2 aromatic rings. The first-order chi connectivity index (χ1) is 10.9. The predicted octanol–water partition coefficient (Wildman–Crippen LogP) is 4.67. The second kappa shape index (κ2) is 4.70. The Bertz CT molecular complexity index is 817. The van der Waals surface area contributed by atoms with Gasteiger partial charge in [0, 0.05) is 5.92 Å². The van der Waals surface area contributed by atoms with E-state index >= 15 is 0 Å². The van der Waals surface area contributed by atoms with Crippen molar-refractivity contribution in [3.63, 3.8) is 0 Å². The molecule has 1 saturated heterocycles. The Labute approximate surface area is 137 Å². The lowest BCUT2D eigenvalue weighted by molar-refractivity contribution is -0.152. The molecule has 0 spiro atoms. The fraction of sp³-hybridized carbons (Fsp3) is 0.381. The molecule has 2 nitrogen and oxygen atoms in total. The summed E-state index contributed by atoms with van der Waals surface area (Å²) in [4.78, 5) is 12.7. The normalized spacial score (nSPS) is 28.9. The Hall–Kier alpha value is -2.09. The maximum Gasteiger partial charge on any atom is 0.313 e. The summed E-state index contributed by atoms with van der Waals surface area (Å²) >= 11 is 0. The predicted molar refractivity (Wildman–Crippen MR) is 92.1 cm³/mol. The van der Waals surface area contributed by atoms with Gasteiger partial charge in [0.05, 0.1) is 5.41 Å². The van der Waals surface area contributed by atoms with Crippen LogP contribution in [0.1, 0.15) is 32.3 Å². The van der Waals surface area contributed by atoms with Crippen molar-refractivity contribution in [2.45, 2.75) is 38.7 Å². The van der Waals surface area contributed by atoms with Gasteiger partial charge >= 0.3 is 5.97 Å². The highest BCUT2D eigenvalue weighted by Crippen LogP contribution is 2.58. The van der Waals surface area contributed by atoms with Crippen LogP contribution in [0.3, 0.4) is 0 Å². The molecule has 118 valence electrons. The zero-order valence-corrected chi connectivity index (χ0v) is 13.8. The van der Waals surface area contributed by atoms with Gasteiger partial charge < -0.3 is 4.74 Å². The standard InChI is InChI=1S/C21H22O2/c1-14-10-18-20(2,3)23-19(22)21(18,12-14)13-15-8-9-16-6-4-5-7-17(16)11-15/h4-9,11,18H,1,10,12-13H2,2-3H3. The van der Waals surface area contributed by atoms with Gasteiger partial charge in [-0.2, -0.15) is 0 Å². The lowest BCUT2D eigenvalue weighted by atomic mass is 9.70. The van der Waals surface area contributed by atoms with E-state index in [0.29, 0.717) is 0 Å². The van der Waals surface area contributed by atoms with Gasteiger partial charge in [0.15, 0.2) is 0 Å². The summed E-state index contributed by atoms with van der Waals surface area (Å²) < 4.78 is 5.75. The molecule has 0 N–H and O–H groups in total. The van der Waals surface area contributed by atoms with Crippen molar-refractivity contribution in [1.29, 1.82) is 0 Å². The quantitative estimate of drug-likeness (QED) is 0.595. The van der Waals surface area contributed by atoms with Gasteiger partial charge in [0.25, 0.3) is 0 Å². The van der Waals surface area contributed by atoms with Gasteiger partial charge in [-0.05, 0) is 49.4 Å². The number of allylic oxidation sites excluding steroid dienone is 1. The van der Waals surface area contributed by atoms with Crippen LogP contribution < -0.4 is 0 Å². The first-order valence-electron chi connectivity index (χ1n) is 8.28. The van der Waals surface area contributed by atoms with Crippen LogP contribution in [0.5, 0.6) is 0 Å². The number of cyclic esters (lactones) is 1. The molecule has 2 atom stereocenters. The second-order valence-corrected chi connectivity index (χ2v) is 7.69. The average molecular weight is 306 g/mol. The highest BCUT2D eigenvalue weighted by Gasteiger charge is 2.63. The molecule has 1 saturated carbocycles. The molecule has 23 heavy (non-hydrogen) atoms. The molecule has 0 radical (unpaired) electrons. The van der Waals surface area contributed by atoms with Crippen LogP contribution in [0.2, 0.25) is 0 Å². The maximum atomic E-state index is 12.7. The van der Waals surface area contributed by atoms with Crippen molar-refractivity contribution in [1.82, 2.24) is 0 Å². The summed E-state index contributed by atoms with van der Waals surface area (Å²) in [6.45, 7) is 8.24. The Balaban J connectivity index is 1.75. The van der Waals surface area contributed by atoms with Crippen LogP contribution in [-0.2, 0) is 16.0 Å². The third-order valence-electron chi connectivity index (χ3n) is 5.66. The van der Waals surface area contributed by atoms with Crippen molar-refractivity contribution < 1.29 is 9.53 Å². The van der Waals surface area contributed by atoms with Crippen LogP contribution in [-0.4, -0.2) is 11.6 Å². The van der Waals surface area contributed by atoms with E-state index in [1.165, 1.54) is 21.9 Å². The number of benzene rings is 2. The second-order valence-electron chi connectivity index (χ2n) is 7.69. The smallest absolute Gasteiger partial charge is 0.313 e. The van der Waals surface area contributed by atoms with Crippen molar-refractivity contribution >= 4 is 16.7 Å². The third-order valence-corrected chi connectivity index (χ3v) is 5.66. The van der Waals surface area contributed by atoms with E-state index in [-0.39, 0.29) is 11.9 Å². The Morgan fingerprint density at radius 3 is 2.70 bits per heavy atom. The minimum Gasteiger partial charge on any atom is -0.459 e. The zero-order valence-electron chi connectivity index (χ0n) is 13.8. The number of carbonyl (C=O) groups is 1. The van der Waals surface area contributed by atoms with E-state index in [9.17, 15) is 4.79 Å². The number of ether oxygens (including phenoxy) is 1. The van der Waals surface area contributed by atoms with E-state index in [4.69, 9.17) is 4.74 Å². The largest absolute Gasteiger partial charge is 0.459 e. The molecule has 0 amide bonds. The molecule has 2 heteroatoms. The maximum absolute atomic E-state index is 12.7. The molecule has 2 unspecified atom stereocenters. The fourth-order valence-corrected chi connectivity index (χ4v) is 4.63. The average Bonchev–Trinajstić information content (AvgIpc) is 2.92. The Morgan fingerprint density at radius 2 is 1.91 bits per heavy atom. The van der Waals surface area contributed by atoms with Crippen LogP contribution in [0.25, 0.3) is 10.8 Å². The van der Waals surface area contributed by atoms with Gasteiger partial charge in [-0.15, -0.1) is 0 Å². The Morgan fingerprint density at radius 1 is 1.17 bits per heavy atom. The van der Waals surface area contributed by atoms with E-state index < -0.39 is 11.0 Å². The van der Waals surface area contributed by atoms with Gasteiger partial charge in [0.2, 0.25) is 0 Å². The van der Waals surface area contributed by atoms with Crippen LogP contribution in [0, 0.1) is 11.3 Å². The van der Waals surface area contributed by atoms with Crippen molar-refractivity contribution in [2.75, 3.05) is 0 Å². The summed E-state index contributed by atoms with van der Waals surface area (Å²) in [6, 6.07) is 14.8. The van der Waals surface area contributed by atoms with Gasteiger partial charge in [-0.3, -0.25) is 4.79 Å². The molecule has 1 aliphatic heterocycles. The van der Waals surface area contributed by atoms with E-state index in [1.54, 1.807) is 0 Å². The molecule has 0 aromatic heterocycles. The van der Waals surface area contributed by atoms with Crippen LogP contribution in [0.15, 0.2) is 54.6 Å². The monoisotopic (exact) mass is 306 g/mol. The number of carbonyl (C=O) groups excluding carboxylic acids is 1. The molecular weight excluding hydrogens is 284 g/mol. The number of hydrogen-bond acceptors (Lipinski definition) is 2. The minimum absolute atomic E-state index is 0.0423. The SMILES string of the molecule is C=C1CC2C(C)(C)OC(=O)C2(Cc2ccc3ccccc3c2)C1. The first-order valence-corrected chi connectivity index (χ1v) is 8.28. The summed E-state index contributed by atoms with van der Waals surface area (Å²) in [5.74, 6) is 0.181. The number of fused-ring (bicyclic) bond motifs is 2. The molecule has 1 aliphatic carbocycles. The minimum atomic E-state index is -0.428. The summed E-state index contributed by atoms with van der Waals surface area (Å²) in [7, 11) is 0. The topological polar surface area (TPSA) is 26.3 Å². The molecule has 4 rings (SSSR count). The fourth-order valence-electron chi connectivity index (χ4n) is 4.63. The van der Waals surface area contributed by atoms with E-state index in [1.807, 2.05) is 13.8 Å². The van der Waals surface area contributed by atoms with Gasteiger partial charge in [-0.1, -0.05) is 54.6 Å². The summed E-state index contributed by atoms with van der Waals surface area (Å²) in [5, 5.41) is 2.45. The summed E-state index contributed by atoms with van der Waals surface area (Å²) in [5.41, 5.74) is 1.56. The molecule has 2 aliphatic rings. The zero-order chi connectivity index (χ0) is 16.2. The van der Waals surface area contributed by atoms with Crippen molar-refractivity contribution in [2.24, 2.45) is 11.3 Å². The number of hydrogen-bond donors (Lipinski definition) is 0. The van der Waals surface area contributed by atoms with Crippen LogP contribution in [0.4, 0.5) is 0 Å². The highest BCUT2D eigenvalue weighted by molar-refractivity contribution is 5.85. The first kappa shape index (κ1) is 14.5. The van der Waals surface area contributed by atoms with Gasteiger partial charge in [0.1, 0.15) is 5.60 Å². The van der Waals surface area contributed by atoms with E-state index in [0.717, 1.165) is 19.3 Å². The molecule has 2 aromatic carbocycles. The molecule has 2 fully saturated rings. The Kier molecular flexibility index (Phi) is 2.96. The molecule has 0 bridgehead atoms. The van der Waals surface area contributed by atoms with Crippen LogP contribution >= 0.6 is 0 Å². The summed E-state index contributed by atoms with van der Waals surface area (Å²) in [6.07, 6.45) is 2.39. The number of esters is 1. The van der Waals surface area contributed by atoms with E-state index in [2.05, 4.69) is 49.0 Å². The van der Waals surface area contributed by atoms with Gasteiger partial charge in [-0.25, -0.2) is 0 Å². The van der Waals surface area contributed by atoms with Crippen molar-refractivity contribution in [3.05, 3.63) is 60.2 Å². The lowest BCUT2D eigenvalue weighted by Gasteiger charge is -2.28. The van der Waals surface area contributed by atoms with Crippen molar-refractivity contribution in [3.8, 4) is 0 Å². The molecular formula is C21H22O2. The number of rotatable bonds is 2.